The highest BCUT2D eigenvalue weighted by Gasteiger charge is 2.26. The van der Waals surface area contributed by atoms with Crippen LogP contribution in [-0.2, 0) is 12.0 Å². The molecule has 2 rings (SSSR count). The molecule has 0 radical (unpaired) electrons. The van der Waals surface area contributed by atoms with Crippen molar-refractivity contribution in [2.45, 2.75) is 31.9 Å². The molecule has 0 bridgehead atoms. The van der Waals surface area contributed by atoms with Crippen molar-refractivity contribution in [2.24, 2.45) is 0 Å². The first-order chi connectivity index (χ1) is 10.9. The monoisotopic (exact) mass is 320 g/mol. The average molecular weight is 320 g/mol. The first-order valence-corrected chi connectivity index (χ1v) is 7.42. The van der Waals surface area contributed by atoms with Gasteiger partial charge < -0.3 is 20.2 Å². The Labute approximate surface area is 134 Å². The number of amides is 2. The molecular weight excluding hydrogens is 299 g/mol. The normalized spacial score (nSPS) is 14.8. The van der Waals surface area contributed by atoms with Crippen LogP contribution in [0.15, 0.2) is 47.1 Å². The van der Waals surface area contributed by atoms with Gasteiger partial charge in [0.2, 0.25) is 0 Å². The standard InChI is InChI=1S/C17H21FN2O3/c1-12(9-13-5-3-6-14(18)10-13)20-16(21)19-11-17(2,22)15-7-4-8-23-15/h3-8,10,12,22H,9,11H2,1-2H3,(H2,19,20,21). The number of carbonyl (C=O) groups is 1. The Balaban J connectivity index is 1.80. The Morgan fingerprint density at radius 3 is 2.83 bits per heavy atom. The molecule has 2 aromatic rings. The molecule has 0 aliphatic rings. The van der Waals surface area contributed by atoms with E-state index in [0.717, 1.165) is 5.56 Å². The van der Waals surface area contributed by atoms with Gasteiger partial charge in [-0.05, 0) is 50.1 Å². The highest BCUT2D eigenvalue weighted by molar-refractivity contribution is 5.74. The van der Waals surface area contributed by atoms with Crippen molar-refractivity contribution in [3.63, 3.8) is 0 Å². The number of urea groups is 1. The first kappa shape index (κ1) is 17.0. The van der Waals surface area contributed by atoms with Gasteiger partial charge in [0.1, 0.15) is 17.2 Å². The van der Waals surface area contributed by atoms with Crippen molar-refractivity contribution < 1.29 is 18.7 Å². The largest absolute Gasteiger partial charge is 0.466 e. The Morgan fingerprint density at radius 2 is 2.17 bits per heavy atom. The molecule has 3 N–H and O–H groups in total. The minimum atomic E-state index is -1.29. The summed E-state index contributed by atoms with van der Waals surface area (Å²) in [4.78, 5) is 11.9. The number of halogens is 1. The van der Waals surface area contributed by atoms with Gasteiger partial charge in [-0.1, -0.05) is 12.1 Å². The maximum absolute atomic E-state index is 13.1. The molecule has 2 atom stereocenters. The second-order valence-electron chi connectivity index (χ2n) is 5.81. The van der Waals surface area contributed by atoms with Gasteiger partial charge in [-0.3, -0.25) is 0 Å². The lowest BCUT2D eigenvalue weighted by Gasteiger charge is -2.22. The molecule has 0 aliphatic heterocycles. The molecule has 6 heteroatoms. The average Bonchev–Trinajstić information content (AvgIpc) is 3.00. The lowest BCUT2D eigenvalue weighted by atomic mass is 10.0. The Morgan fingerprint density at radius 1 is 1.39 bits per heavy atom. The van der Waals surface area contributed by atoms with Crippen LogP contribution < -0.4 is 10.6 Å². The van der Waals surface area contributed by atoms with E-state index in [4.69, 9.17) is 4.42 Å². The summed E-state index contributed by atoms with van der Waals surface area (Å²) < 4.78 is 18.3. The Kier molecular flexibility index (Phi) is 5.39. The molecule has 2 unspecified atom stereocenters. The highest BCUT2D eigenvalue weighted by atomic mass is 19.1. The van der Waals surface area contributed by atoms with Crippen molar-refractivity contribution in [2.75, 3.05) is 6.54 Å². The third-order valence-electron chi connectivity index (χ3n) is 3.45. The predicted molar refractivity (Wildman–Crippen MR) is 84.4 cm³/mol. The van der Waals surface area contributed by atoms with E-state index in [2.05, 4.69) is 10.6 Å². The first-order valence-electron chi connectivity index (χ1n) is 7.42. The van der Waals surface area contributed by atoms with Gasteiger partial charge in [0.05, 0.1) is 12.8 Å². The molecule has 0 saturated carbocycles. The predicted octanol–water partition coefficient (Wildman–Crippen LogP) is 2.56. The number of furan rings is 1. The summed E-state index contributed by atoms with van der Waals surface area (Å²) in [6.07, 6.45) is 1.98. The molecular formula is C17H21FN2O3. The number of rotatable bonds is 6. The minimum absolute atomic E-state index is 0.0129. The second kappa shape index (κ2) is 7.28. The highest BCUT2D eigenvalue weighted by Crippen LogP contribution is 2.19. The van der Waals surface area contributed by atoms with Crippen LogP contribution in [0.1, 0.15) is 25.2 Å². The third kappa shape index (κ3) is 5.10. The van der Waals surface area contributed by atoms with Crippen molar-refractivity contribution in [3.8, 4) is 0 Å². The zero-order valence-electron chi connectivity index (χ0n) is 13.2. The van der Waals surface area contributed by atoms with E-state index in [1.807, 2.05) is 6.92 Å². The van der Waals surface area contributed by atoms with Gasteiger partial charge in [-0.25, -0.2) is 9.18 Å². The molecule has 0 saturated heterocycles. The lowest BCUT2D eigenvalue weighted by Crippen LogP contribution is -2.46. The summed E-state index contributed by atoms with van der Waals surface area (Å²) in [7, 11) is 0. The lowest BCUT2D eigenvalue weighted by molar-refractivity contribution is 0.0366. The van der Waals surface area contributed by atoms with Gasteiger partial charge in [0.15, 0.2) is 0 Å². The van der Waals surface area contributed by atoms with Crippen molar-refractivity contribution in [3.05, 3.63) is 59.8 Å². The van der Waals surface area contributed by atoms with Crippen LogP contribution in [0.2, 0.25) is 0 Å². The number of benzene rings is 1. The third-order valence-corrected chi connectivity index (χ3v) is 3.45. The number of hydrogen-bond donors (Lipinski definition) is 3. The molecule has 1 aromatic heterocycles. The number of nitrogens with one attached hydrogen (secondary N) is 2. The summed E-state index contributed by atoms with van der Waals surface area (Å²) in [6.45, 7) is 3.40. The number of carbonyl (C=O) groups excluding carboxylic acids is 1. The molecule has 23 heavy (non-hydrogen) atoms. The minimum Gasteiger partial charge on any atom is -0.466 e. The zero-order valence-corrected chi connectivity index (χ0v) is 13.2. The molecule has 0 spiro atoms. The van der Waals surface area contributed by atoms with Crippen LogP contribution in [0.5, 0.6) is 0 Å². The molecule has 0 aliphatic carbocycles. The van der Waals surface area contributed by atoms with Gasteiger partial charge in [-0.2, -0.15) is 0 Å². The van der Waals surface area contributed by atoms with E-state index in [1.54, 1.807) is 31.2 Å². The maximum atomic E-state index is 13.1. The molecule has 1 aromatic carbocycles. The van der Waals surface area contributed by atoms with E-state index < -0.39 is 11.6 Å². The molecule has 0 fully saturated rings. The van der Waals surface area contributed by atoms with Crippen molar-refractivity contribution in [1.82, 2.24) is 10.6 Å². The van der Waals surface area contributed by atoms with Crippen LogP contribution in [0.3, 0.4) is 0 Å². The summed E-state index contributed by atoms with van der Waals surface area (Å²) in [5.41, 5.74) is -0.479. The smallest absolute Gasteiger partial charge is 0.315 e. The SMILES string of the molecule is CC(Cc1cccc(F)c1)NC(=O)NCC(C)(O)c1ccco1. The number of hydrogen-bond acceptors (Lipinski definition) is 3. The molecule has 1 heterocycles. The van der Waals surface area contributed by atoms with Crippen molar-refractivity contribution in [1.29, 1.82) is 0 Å². The fourth-order valence-electron chi connectivity index (χ4n) is 2.27. The van der Waals surface area contributed by atoms with E-state index in [9.17, 15) is 14.3 Å². The van der Waals surface area contributed by atoms with E-state index >= 15 is 0 Å². The summed E-state index contributed by atoms with van der Waals surface area (Å²) in [5, 5.41) is 15.6. The quantitative estimate of drug-likeness (QED) is 0.766. The molecule has 124 valence electrons. The fourth-order valence-corrected chi connectivity index (χ4v) is 2.27. The summed E-state index contributed by atoms with van der Waals surface area (Å²) >= 11 is 0. The van der Waals surface area contributed by atoms with E-state index in [-0.39, 0.29) is 18.4 Å². The van der Waals surface area contributed by atoms with E-state index in [0.29, 0.717) is 12.2 Å². The van der Waals surface area contributed by atoms with Gasteiger partial charge >= 0.3 is 6.03 Å². The molecule has 5 nitrogen and oxygen atoms in total. The van der Waals surface area contributed by atoms with Crippen LogP contribution in [0.4, 0.5) is 9.18 Å². The maximum Gasteiger partial charge on any atom is 0.315 e. The van der Waals surface area contributed by atoms with E-state index in [1.165, 1.54) is 18.4 Å². The van der Waals surface area contributed by atoms with Crippen LogP contribution >= 0.6 is 0 Å². The van der Waals surface area contributed by atoms with Gasteiger partial charge in [-0.15, -0.1) is 0 Å². The zero-order chi connectivity index (χ0) is 16.9. The van der Waals surface area contributed by atoms with Crippen molar-refractivity contribution >= 4 is 6.03 Å². The Bertz CT molecular complexity index is 641. The van der Waals surface area contributed by atoms with Crippen LogP contribution in [0, 0.1) is 5.82 Å². The van der Waals surface area contributed by atoms with Gasteiger partial charge in [0.25, 0.3) is 0 Å². The second-order valence-corrected chi connectivity index (χ2v) is 5.81. The summed E-state index contributed by atoms with van der Waals surface area (Å²) in [6, 6.07) is 9.00. The fraction of sp³-hybridized carbons (Fsp3) is 0.353. The summed E-state index contributed by atoms with van der Waals surface area (Å²) in [5.74, 6) is 0.0826. The van der Waals surface area contributed by atoms with Crippen LogP contribution in [-0.4, -0.2) is 23.7 Å². The van der Waals surface area contributed by atoms with Gasteiger partial charge in [0, 0.05) is 6.04 Å². The van der Waals surface area contributed by atoms with Crippen LogP contribution in [0.25, 0.3) is 0 Å². The Hall–Kier alpha value is -2.34. The molecule has 2 amide bonds. The number of aliphatic hydroxyl groups is 1. The topological polar surface area (TPSA) is 74.5 Å².